The van der Waals surface area contributed by atoms with Crippen molar-refractivity contribution < 1.29 is 4.79 Å². The molecule has 0 spiro atoms. The molecular weight excluding hydrogens is 218 g/mol. The average molecular weight is 237 g/mol. The molecular formula is C13H19NOS. The largest absolute Gasteiger partial charge is 0.340 e. The van der Waals surface area contributed by atoms with Crippen LogP contribution in [0.2, 0.25) is 0 Å². The minimum atomic E-state index is -0.168. The van der Waals surface area contributed by atoms with E-state index in [0.717, 1.165) is 18.4 Å². The molecule has 2 nitrogen and oxygen atoms in total. The van der Waals surface area contributed by atoms with Gasteiger partial charge in [-0.1, -0.05) is 43.7 Å². The summed E-state index contributed by atoms with van der Waals surface area (Å²) >= 11 is 4.32. The molecule has 88 valence electrons. The molecule has 1 aromatic rings. The molecule has 16 heavy (non-hydrogen) atoms. The zero-order valence-electron chi connectivity index (χ0n) is 9.89. The maximum Gasteiger partial charge on any atom is 0.235 e. The Morgan fingerprint density at radius 2 is 2.00 bits per heavy atom. The van der Waals surface area contributed by atoms with Crippen molar-refractivity contribution in [3.05, 3.63) is 35.9 Å². The first-order valence-electron chi connectivity index (χ1n) is 5.62. The third-order valence-corrected chi connectivity index (χ3v) is 2.97. The van der Waals surface area contributed by atoms with Gasteiger partial charge in [-0.3, -0.25) is 4.79 Å². The lowest BCUT2D eigenvalue weighted by molar-refractivity contribution is -0.129. The highest BCUT2D eigenvalue weighted by Crippen LogP contribution is 2.10. The molecule has 1 aromatic carbocycles. The predicted octanol–water partition coefficient (Wildman–Crippen LogP) is 2.74. The normalized spacial score (nSPS) is 12.2. The van der Waals surface area contributed by atoms with Crippen LogP contribution in [-0.4, -0.2) is 23.1 Å². The maximum atomic E-state index is 11.9. The quantitative estimate of drug-likeness (QED) is 0.781. The molecule has 0 N–H and O–H groups in total. The minimum Gasteiger partial charge on any atom is -0.340 e. The predicted molar refractivity (Wildman–Crippen MR) is 70.6 cm³/mol. The van der Waals surface area contributed by atoms with E-state index in [1.165, 1.54) is 0 Å². The van der Waals surface area contributed by atoms with E-state index in [1.807, 2.05) is 37.4 Å². The number of carbonyl (C=O) groups excluding carboxylic acids is 1. The molecule has 3 heteroatoms. The van der Waals surface area contributed by atoms with Gasteiger partial charge in [-0.25, -0.2) is 0 Å². The highest BCUT2D eigenvalue weighted by atomic mass is 32.1. The molecule has 0 radical (unpaired) electrons. The van der Waals surface area contributed by atoms with E-state index in [-0.39, 0.29) is 11.2 Å². The second-order valence-corrected chi connectivity index (χ2v) is 4.61. The van der Waals surface area contributed by atoms with Gasteiger partial charge in [-0.15, -0.1) is 0 Å². The van der Waals surface area contributed by atoms with Crippen molar-refractivity contribution in [1.82, 2.24) is 4.90 Å². The van der Waals surface area contributed by atoms with Gasteiger partial charge >= 0.3 is 0 Å². The highest BCUT2D eigenvalue weighted by Gasteiger charge is 2.17. The summed E-state index contributed by atoms with van der Waals surface area (Å²) in [5.41, 5.74) is 1.15. The summed E-state index contributed by atoms with van der Waals surface area (Å²) in [6.07, 6.45) is 1.82. The minimum absolute atomic E-state index is 0.106. The zero-order chi connectivity index (χ0) is 12.0. The van der Waals surface area contributed by atoms with Crippen molar-refractivity contribution in [1.29, 1.82) is 0 Å². The Kier molecular flexibility index (Phi) is 5.39. The van der Waals surface area contributed by atoms with Crippen LogP contribution in [0.25, 0.3) is 0 Å². The van der Waals surface area contributed by atoms with E-state index in [1.54, 1.807) is 4.90 Å². The summed E-state index contributed by atoms with van der Waals surface area (Å²) in [6.45, 7) is 2.72. The fraction of sp³-hybridized carbons (Fsp3) is 0.462. The van der Waals surface area contributed by atoms with Crippen LogP contribution >= 0.6 is 12.6 Å². The van der Waals surface area contributed by atoms with Gasteiger partial charge in [0.05, 0.1) is 5.25 Å². The molecule has 0 saturated heterocycles. The van der Waals surface area contributed by atoms with Crippen LogP contribution in [0.5, 0.6) is 0 Å². The van der Waals surface area contributed by atoms with E-state index in [2.05, 4.69) is 19.6 Å². The summed E-state index contributed by atoms with van der Waals surface area (Å²) in [4.78, 5) is 13.6. The molecule has 1 amide bonds. The molecule has 1 rings (SSSR count). The number of nitrogens with zero attached hydrogens (tertiary/aromatic N) is 1. The van der Waals surface area contributed by atoms with Gasteiger partial charge in [0.1, 0.15) is 0 Å². The number of amides is 1. The molecule has 0 aliphatic heterocycles. The van der Waals surface area contributed by atoms with Crippen LogP contribution < -0.4 is 0 Å². The molecule has 0 aliphatic carbocycles. The third-order valence-electron chi connectivity index (χ3n) is 2.49. The lowest BCUT2D eigenvalue weighted by Gasteiger charge is -2.20. The van der Waals surface area contributed by atoms with Crippen LogP contribution in [-0.2, 0) is 11.3 Å². The maximum absolute atomic E-state index is 11.9. The van der Waals surface area contributed by atoms with Gasteiger partial charge in [-0.2, -0.15) is 12.6 Å². The molecule has 0 saturated carbocycles. The van der Waals surface area contributed by atoms with E-state index >= 15 is 0 Å². The second kappa shape index (κ2) is 6.59. The first-order chi connectivity index (χ1) is 7.65. The van der Waals surface area contributed by atoms with Crippen molar-refractivity contribution in [2.75, 3.05) is 7.05 Å². The fourth-order valence-corrected chi connectivity index (χ4v) is 2.04. The Bertz CT molecular complexity index is 326. The van der Waals surface area contributed by atoms with Crippen LogP contribution in [0, 0.1) is 0 Å². The fourth-order valence-electron chi connectivity index (χ4n) is 1.59. The summed E-state index contributed by atoms with van der Waals surface area (Å²) in [5, 5.41) is -0.168. The summed E-state index contributed by atoms with van der Waals surface area (Å²) in [6, 6.07) is 9.99. The lowest BCUT2D eigenvalue weighted by Crippen LogP contribution is -2.33. The first-order valence-corrected chi connectivity index (χ1v) is 6.13. The van der Waals surface area contributed by atoms with Gasteiger partial charge in [0, 0.05) is 13.6 Å². The van der Waals surface area contributed by atoms with E-state index in [9.17, 15) is 4.79 Å². The van der Waals surface area contributed by atoms with Crippen LogP contribution in [0.4, 0.5) is 0 Å². The van der Waals surface area contributed by atoms with Crippen LogP contribution in [0.3, 0.4) is 0 Å². The molecule has 0 aliphatic rings. The van der Waals surface area contributed by atoms with Crippen molar-refractivity contribution in [2.24, 2.45) is 0 Å². The molecule has 0 bridgehead atoms. The number of rotatable bonds is 5. The lowest BCUT2D eigenvalue weighted by atomic mass is 10.2. The van der Waals surface area contributed by atoms with Gasteiger partial charge in [0.25, 0.3) is 0 Å². The number of thiol groups is 1. The Balaban J connectivity index is 2.52. The average Bonchev–Trinajstić information content (AvgIpc) is 2.29. The molecule has 1 unspecified atom stereocenters. The SMILES string of the molecule is CCCC(S)C(=O)N(C)Cc1ccccc1. The Morgan fingerprint density at radius 3 is 2.56 bits per heavy atom. The van der Waals surface area contributed by atoms with E-state index in [4.69, 9.17) is 0 Å². The Hall–Kier alpha value is -0.960. The van der Waals surface area contributed by atoms with Gasteiger partial charge in [0.2, 0.25) is 5.91 Å². The molecule has 0 heterocycles. The van der Waals surface area contributed by atoms with Crippen LogP contribution in [0.15, 0.2) is 30.3 Å². The van der Waals surface area contributed by atoms with E-state index in [0.29, 0.717) is 6.54 Å². The van der Waals surface area contributed by atoms with Crippen molar-refractivity contribution >= 4 is 18.5 Å². The van der Waals surface area contributed by atoms with Crippen LogP contribution in [0.1, 0.15) is 25.3 Å². The molecule has 0 fully saturated rings. The third kappa shape index (κ3) is 3.89. The number of benzene rings is 1. The van der Waals surface area contributed by atoms with Crippen molar-refractivity contribution in [3.8, 4) is 0 Å². The first kappa shape index (κ1) is 13.1. The number of carbonyl (C=O) groups is 1. The van der Waals surface area contributed by atoms with Gasteiger partial charge < -0.3 is 4.90 Å². The van der Waals surface area contributed by atoms with Crippen molar-refractivity contribution in [2.45, 2.75) is 31.6 Å². The standard InChI is InChI=1S/C13H19NOS/c1-3-7-12(16)13(15)14(2)10-11-8-5-4-6-9-11/h4-6,8-9,12,16H,3,7,10H2,1-2H3. The molecule has 0 aromatic heterocycles. The Labute approximate surface area is 103 Å². The second-order valence-electron chi connectivity index (χ2n) is 3.98. The molecule has 1 atom stereocenters. The summed E-state index contributed by atoms with van der Waals surface area (Å²) in [5.74, 6) is 0.106. The number of hydrogen-bond acceptors (Lipinski definition) is 2. The smallest absolute Gasteiger partial charge is 0.235 e. The monoisotopic (exact) mass is 237 g/mol. The van der Waals surface area contributed by atoms with Gasteiger partial charge in [0.15, 0.2) is 0 Å². The van der Waals surface area contributed by atoms with E-state index < -0.39 is 0 Å². The zero-order valence-corrected chi connectivity index (χ0v) is 10.8. The summed E-state index contributed by atoms with van der Waals surface area (Å²) < 4.78 is 0. The highest BCUT2D eigenvalue weighted by molar-refractivity contribution is 7.81. The summed E-state index contributed by atoms with van der Waals surface area (Å²) in [7, 11) is 1.83. The Morgan fingerprint density at radius 1 is 1.38 bits per heavy atom. The number of hydrogen-bond donors (Lipinski definition) is 1. The topological polar surface area (TPSA) is 20.3 Å². The van der Waals surface area contributed by atoms with Crippen molar-refractivity contribution in [3.63, 3.8) is 0 Å². The van der Waals surface area contributed by atoms with Gasteiger partial charge in [-0.05, 0) is 12.0 Å².